The second-order valence-electron chi connectivity index (χ2n) is 4.98. The Morgan fingerprint density at radius 3 is 2.50 bits per heavy atom. The molecule has 0 aliphatic carbocycles. The molecule has 8 nitrogen and oxygen atoms in total. The van der Waals surface area contributed by atoms with Crippen molar-refractivity contribution in [2.24, 2.45) is 0 Å². The molecule has 0 fully saturated rings. The Balaban J connectivity index is 1.74. The third kappa shape index (κ3) is 3.62. The number of thiophene rings is 1. The first-order chi connectivity index (χ1) is 12.7. The minimum Gasteiger partial charge on any atom is -0.496 e. The van der Waals surface area contributed by atoms with Gasteiger partial charge in [-0.2, -0.15) is 4.98 Å². The molecule has 136 valence electrons. The number of hydrogen-bond acceptors (Lipinski definition) is 9. The van der Waals surface area contributed by atoms with Gasteiger partial charge >= 0.3 is 5.97 Å². The van der Waals surface area contributed by atoms with Crippen molar-refractivity contribution >= 4 is 17.3 Å². The van der Waals surface area contributed by atoms with Gasteiger partial charge in [-0.1, -0.05) is 11.2 Å². The number of carbonyl (C=O) groups is 1. The fraction of sp³-hybridized carbons (Fsp3) is 0.235. The van der Waals surface area contributed by atoms with E-state index in [9.17, 15) is 4.79 Å². The first-order valence-electron chi connectivity index (χ1n) is 7.49. The van der Waals surface area contributed by atoms with Crippen molar-refractivity contribution in [3.8, 4) is 28.0 Å². The largest absolute Gasteiger partial charge is 0.496 e. The predicted octanol–water partition coefficient (Wildman–Crippen LogP) is 3.18. The maximum atomic E-state index is 12.4. The zero-order valence-electron chi connectivity index (χ0n) is 14.3. The van der Waals surface area contributed by atoms with E-state index in [0.717, 1.165) is 4.88 Å². The van der Waals surface area contributed by atoms with Gasteiger partial charge in [0.2, 0.25) is 5.82 Å². The highest BCUT2D eigenvalue weighted by Gasteiger charge is 2.20. The molecule has 26 heavy (non-hydrogen) atoms. The van der Waals surface area contributed by atoms with E-state index in [0.29, 0.717) is 23.1 Å². The average molecular weight is 376 g/mol. The van der Waals surface area contributed by atoms with Crippen molar-refractivity contribution in [1.29, 1.82) is 0 Å². The normalized spacial score (nSPS) is 10.4. The van der Waals surface area contributed by atoms with Gasteiger partial charge in [-0.05, 0) is 11.4 Å². The van der Waals surface area contributed by atoms with Gasteiger partial charge in [0.05, 0.1) is 26.2 Å². The first-order valence-corrected chi connectivity index (χ1v) is 8.37. The summed E-state index contributed by atoms with van der Waals surface area (Å²) in [5, 5.41) is 5.71. The number of esters is 1. The Labute approximate surface area is 153 Å². The van der Waals surface area contributed by atoms with Crippen molar-refractivity contribution in [3.05, 3.63) is 41.0 Å². The van der Waals surface area contributed by atoms with E-state index in [1.807, 2.05) is 17.5 Å². The lowest BCUT2D eigenvalue weighted by Gasteiger charge is -2.13. The highest BCUT2D eigenvalue weighted by molar-refractivity contribution is 7.13. The summed E-state index contributed by atoms with van der Waals surface area (Å²) in [6.45, 7) is -0.134. The Hall–Kier alpha value is -3.07. The molecule has 0 radical (unpaired) electrons. The smallest absolute Gasteiger partial charge is 0.342 e. The number of nitrogens with zero attached hydrogens (tertiary/aromatic N) is 2. The molecule has 9 heteroatoms. The van der Waals surface area contributed by atoms with E-state index >= 15 is 0 Å². The highest BCUT2D eigenvalue weighted by atomic mass is 32.1. The van der Waals surface area contributed by atoms with Crippen LogP contribution in [-0.4, -0.2) is 37.4 Å². The molecule has 0 N–H and O–H groups in total. The Bertz CT molecular complexity index is 891. The summed E-state index contributed by atoms with van der Waals surface area (Å²) >= 11 is 1.48. The Morgan fingerprint density at radius 2 is 1.85 bits per heavy atom. The standard InChI is InChI=1S/C17H16N2O6S/c1-21-11-8-13(23-3)12(22-2)7-10(11)17(20)24-9-15-18-16(25-19-15)14-5-4-6-26-14/h4-8H,9H2,1-3H3. The minimum absolute atomic E-state index is 0.134. The fourth-order valence-electron chi connectivity index (χ4n) is 2.21. The molecule has 0 spiro atoms. The molecule has 0 saturated heterocycles. The molecule has 2 heterocycles. The van der Waals surface area contributed by atoms with Crippen LogP contribution in [0, 0.1) is 0 Å². The van der Waals surface area contributed by atoms with Crippen LogP contribution in [0.4, 0.5) is 0 Å². The van der Waals surface area contributed by atoms with E-state index in [1.54, 1.807) is 6.07 Å². The van der Waals surface area contributed by atoms with E-state index in [2.05, 4.69) is 10.1 Å². The van der Waals surface area contributed by atoms with Crippen molar-refractivity contribution in [2.45, 2.75) is 6.61 Å². The average Bonchev–Trinajstić information content (AvgIpc) is 3.36. The zero-order valence-corrected chi connectivity index (χ0v) is 15.2. The van der Waals surface area contributed by atoms with E-state index in [4.69, 9.17) is 23.5 Å². The van der Waals surface area contributed by atoms with Crippen LogP contribution in [0.15, 0.2) is 34.2 Å². The van der Waals surface area contributed by atoms with Crippen LogP contribution < -0.4 is 14.2 Å². The second kappa shape index (κ2) is 7.87. The summed E-state index contributed by atoms with van der Waals surface area (Å²) < 4.78 is 26.0. The first kappa shape index (κ1) is 17.7. The lowest BCUT2D eigenvalue weighted by Crippen LogP contribution is -2.09. The second-order valence-corrected chi connectivity index (χ2v) is 5.92. The number of methoxy groups -OCH3 is 3. The third-order valence-corrected chi connectivity index (χ3v) is 4.32. The molecule has 1 aromatic carbocycles. The molecular weight excluding hydrogens is 360 g/mol. The molecule has 0 aliphatic heterocycles. The maximum Gasteiger partial charge on any atom is 0.342 e. The van der Waals surface area contributed by atoms with E-state index < -0.39 is 5.97 Å². The van der Waals surface area contributed by atoms with Gasteiger partial charge in [-0.25, -0.2) is 4.79 Å². The molecule has 0 aliphatic rings. The molecule has 3 rings (SSSR count). The number of carbonyl (C=O) groups excluding carboxylic acids is 1. The molecular formula is C17H16N2O6S. The van der Waals surface area contributed by atoms with Gasteiger partial charge in [0.25, 0.3) is 5.89 Å². The summed E-state index contributed by atoms with van der Waals surface area (Å²) in [7, 11) is 4.42. The highest BCUT2D eigenvalue weighted by Crippen LogP contribution is 2.35. The molecule has 0 saturated carbocycles. The van der Waals surface area contributed by atoms with Crippen LogP contribution in [0.5, 0.6) is 17.2 Å². The molecule has 0 unspecified atom stereocenters. The van der Waals surface area contributed by atoms with Gasteiger partial charge in [0, 0.05) is 12.1 Å². The Kier molecular flexibility index (Phi) is 5.37. The van der Waals surface area contributed by atoms with Gasteiger partial charge < -0.3 is 23.5 Å². The topological polar surface area (TPSA) is 92.9 Å². The van der Waals surface area contributed by atoms with Crippen molar-refractivity contribution in [2.75, 3.05) is 21.3 Å². The van der Waals surface area contributed by atoms with Gasteiger partial charge in [-0.3, -0.25) is 0 Å². The lowest BCUT2D eigenvalue weighted by atomic mass is 10.1. The maximum absolute atomic E-state index is 12.4. The van der Waals surface area contributed by atoms with Gasteiger partial charge in [-0.15, -0.1) is 11.3 Å². The summed E-state index contributed by atoms with van der Waals surface area (Å²) in [5.74, 6) is 1.18. The SMILES string of the molecule is COc1cc(OC)c(C(=O)OCc2noc(-c3cccs3)n2)cc1OC. The van der Waals surface area contributed by atoms with Crippen LogP contribution >= 0.6 is 11.3 Å². The predicted molar refractivity (Wildman–Crippen MR) is 92.8 cm³/mol. The number of hydrogen-bond donors (Lipinski definition) is 0. The van der Waals surface area contributed by atoms with Crippen LogP contribution in [0.1, 0.15) is 16.2 Å². The Morgan fingerprint density at radius 1 is 1.12 bits per heavy atom. The van der Waals surface area contributed by atoms with Crippen molar-refractivity contribution < 1.29 is 28.3 Å². The van der Waals surface area contributed by atoms with Crippen molar-refractivity contribution in [3.63, 3.8) is 0 Å². The van der Waals surface area contributed by atoms with E-state index in [-0.39, 0.29) is 18.0 Å². The minimum atomic E-state index is -0.606. The van der Waals surface area contributed by atoms with Crippen LogP contribution in [-0.2, 0) is 11.3 Å². The summed E-state index contributed by atoms with van der Waals surface area (Å²) in [6.07, 6.45) is 0. The molecule has 0 amide bonds. The van der Waals surface area contributed by atoms with Crippen LogP contribution in [0.3, 0.4) is 0 Å². The monoisotopic (exact) mass is 376 g/mol. The number of ether oxygens (including phenoxy) is 4. The third-order valence-electron chi connectivity index (χ3n) is 3.46. The summed E-state index contributed by atoms with van der Waals surface area (Å²) in [5.41, 5.74) is 0.201. The molecule has 2 aromatic heterocycles. The zero-order chi connectivity index (χ0) is 18.5. The number of rotatable bonds is 7. The van der Waals surface area contributed by atoms with Crippen molar-refractivity contribution in [1.82, 2.24) is 10.1 Å². The quantitative estimate of drug-likeness (QED) is 0.581. The number of aromatic nitrogens is 2. The number of benzene rings is 1. The van der Waals surface area contributed by atoms with Gasteiger partial charge in [0.15, 0.2) is 18.1 Å². The van der Waals surface area contributed by atoms with Crippen LogP contribution in [0.25, 0.3) is 10.8 Å². The fourth-order valence-corrected chi connectivity index (χ4v) is 2.85. The van der Waals surface area contributed by atoms with Crippen LogP contribution in [0.2, 0.25) is 0 Å². The van der Waals surface area contributed by atoms with E-state index in [1.165, 1.54) is 38.7 Å². The molecule has 0 atom stereocenters. The molecule has 3 aromatic rings. The van der Waals surface area contributed by atoms with Gasteiger partial charge in [0.1, 0.15) is 11.3 Å². The summed E-state index contributed by atoms with van der Waals surface area (Å²) in [4.78, 5) is 17.5. The summed E-state index contributed by atoms with van der Waals surface area (Å²) in [6, 6.07) is 6.79. The molecule has 0 bridgehead atoms. The lowest BCUT2D eigenvalue weighted by molar-refractivity contribution is 0.0455.